The summed E-state index contributed by atoms with van der Waals surface area (Å²) in [5.74, 6) is 1.49. The normalized spacial score (nSPS) is 30.9. The van der Waals surface area contributed by atoms with Crippen LogP contribution in [0.1, 0.15) is 44.0 Å². The minimum Gasteiger partial charge on any atom is -0.321 e. The van der Waals surface area contributed by atoms with E-state index >= 15 is 0 Å². The van der Waals surface area contributed by atoms with E-state index < -0.39 is 0 Å². The summed E-state index contributed by atoms with van der Waals surface area (Å²) < 4.78 is 7.57. The highest BCUT2D eigenvalue weighted by atomic mass is 16.5. The number of fused-ring (bicyclic) bond motifs is 2. The third kappa shape index (κ3) is 2.84. The van der Waals surface area contributed by atoms with Gasteiger partial charge in [0, 0.05) is 44.1 Å². The highest BCUT2D eigenvalue weighted by molar-refractivity contribution is 5.31. The molecule has 0 amide bonds. The van der Waals surface area contributed by atoms with Crippen molar-refractivity contribution in [2.75, 3.05) is 24.5 Å². The lowest BCUT2D eigenvalue weighted by Crippen LogP contribution is -2.46. The first-order chi connectivity index (χ1) is 12.3. The number of likely N-dealkylation sites (tertiary alicyclic amines) is 1. The molecule has 2 saturated heterocycles. The molecular formula is C18H26N6O. The molecule has 7 heteroatoms. The van der Waals surface area contributed by atoms with Crippen molar-refractivity contribution in [3.8, 4) is 0 Å². The number of aromatic nitrogens is 4. The van der Waals surface area contributed by atoms with Crippen molar-refractivity contribution in [3.05, 3.63) is 24.3 Å². The zero-order chi connectivity index (χ0) is 16.8. The number of nitrogens with zero attached hydrogens (tertiary/aromatic N) is 6. The molecule has 2 aromatic rings. The Bertz CT molecular complexity index is 705. The van der Waals surface area contributed by atoms with Crippen LogP contribution in [-0.4, -0.2) is 56.5 Å². The second-order valence-corrected chi connectivity index (χ2v) is 7.91. The van der Waals surface area contributed by atoms with Crippen LogP contribution in [0.2, 0.25) is 0 Å². The van der Waals surface area contributed by atoms with Crippen LogP contribution in [0.3, 0.4) is 0 Å². The number of anilines is 1. The van der Waals surface area contributed by atoms with Crippen LogP contribution < -0.4 is 4.90 Å². The van der Waals surface area contributed by atoms with E-state index in [-0.39, 0.29) is 0 Å². The lowest BCUT2D eigenvalue weighted by atomic mass is 9.85. The third-order valence-electron chi connectivity index (χ3n) is 6.33. The molecule has 0 spiro atoms. The van der Waals surface area contributed by atoms with E-state index in [4.69, 9.17) is 4.52 Å². The Kier molecular flexibility index (Phi) is 3.77. The van der Waals surface area contributed by atoms with Crippen LogP contribution in [0, 0.1) is 12.8 Å². The molecule has 3 aliphatic rings. The smallest absolute Gasteiger partial charge is 0.321 e. The second-order valence-electron chi connectivity index (χ2n) is 7.91. The van der Waals surface area contributed by atoms with Gasteiger partial charge in [0.25, 0.3) is 0 Å². The number of aryl methyl sites for hydroxylation is 1. The summed E-state index contributed by atoms with van der Waals surface area (Å²) in [6.07, 6.45) is 10.2. The Balaban J connectivity index is 1.22. The quantitative estimate of drug-likeness (QED) is 0.853. The zero-order valence-electron chi connectivity index (χ0n) is 14.8. The minimum atomic E-state index is 0.562. The molecule has 0 radical (unpaired) electrons. The van der Waals surface area contributed by atoms with Gasteiger partial charge < -0.3 is 14.3 Å². The molecule has 1 saturated carbocycles. The molecule has 2 bridgehead atoms. The van der Waals surface area contributed by atoms with Crippen molar-refractivity contribution in [2.24, 2.45) is 5.92 Å². The van der Waals surface area contributed by atoms with E-state index in [0.29, 0.717) is 18.1 Å². The molecule has 7 nitrogen and oxygen atoms in total. The predicted molar refractivity (Wildman–Crippen MR) is 93.4 cm³/mol. The topological polar surface area (TPSA) is 63.2 Å². The van der Waals surface area contributed by atoms with Crippen LogP contribution >= 0.6 is 0 Å². The first kappa shape index (κ1) is 15.4. The van der Waals surface area contributed by atoms with Gasteiger partial charge in [0.1, 0.15) is 0 Å². The van der Waals surface area contributed by atoms with Gasteiger partial charge in [0.2, 0.25) is 0 Å². The molecule has 3 unspecified atom stereocenters. The third-order valence-corrected chi connectivity index (χ3v) is 6.33. The van der Waals surface area contributed by atoms with E-state index in [1.165, 1.54) is 45.2 Å². The average Bonchev–Trinajstić information content (AvgIpc) is 3.36. The van der Waals surface area contributed by atoms with Crippen molar-refractivity contribution < 1.29 is 4.52 Å². The van der Waals surface area contributed by atoms with Crippen LogP contribution in [0.4, 0.5) is 6.01 Å². The monoisotopic (exact) mass is 342 g/mol. The summed E-state index contributed by atoms with van der Waals surface area (Å²) in [5, 5.41) is 8.40. The standard InChI is InChI=1S/C18H26N6O/c1-13-20-18(25-21-13)23-12-14-9-16(11-17(23)10-14)22-7-3-15(4-8-22)24-6-2-5-19-24/h2,5-6,14-17H,3-4,7-12H2,1H3. The van der Waals surface area contributed by atoms with Crippen LogP contribution in [0.25, 0.3) is 0 Å². The largest absolute Gasteiger partial charge is 0.324 e. The number of hydrogen-bond acceptors (Lipinski definition) is 6. The maximum atomic E-state index is 5.43. The van der Waals surface area contributed by atoms with E-state index in [0.717, 1.165) is 24.3 Å². The lowest BCUT2D eigenvalue weighted by molar-refractivity contribution is 0.0956. The van der Waals surface area contributed by atoms with Crippen LogP contribution in [0.5, 0.6) is 0 Å². The molecule has 0 aromatic carbocycles. The Morgan fingerprint density at radius 2 is 1.92 bits per heavy atom. The molecule has 25 heavy (non-hydrogen) atoms. The van der Waals surface area contributed by atoms with Gasteiger partial charge >= 0.3 is 6.01 Å². The summed E-state index contributed by atoms with van der Waals surface area (Å²) in [6.45, 7) is 5.34. The molecule has 3 atom stereocenters. The molecule has 3 fully saturated rings. The van der Waals surface area contributed by atoms with Gasteiger partial charge in [-0.1, -0.05) is 5.16 Å². The first-order valence-electron chi connectivity index (χ1n) is 9.56. The van der Waals surface area contributed by atoms with Crippen molar-refractivity contribution in [1.29, 1.82) is 0 Å². The molecule has 1 aliphatic carbocycles. The maximum absolute atomic E-state index is 5.43. The SMILES string of the molecule is Cc1noc(N2CC3CC(N4CCC(n5cccn5)CC4)CC2C3)n1. The fraction of sp³-hybridized carbons (Fsp3) is 0.722. The fourth-order valence-electron chi connectivity index (χ4n) is 5.15. The van der Waals surface area contributed by atoms with Crippen molar-refractivity contribution in [1.82, 2.24) is 24.8 Å². The van der Waals surface area contributed by atoms with Crippen LogP contribution in [0.15, 0.2) is 23.0 Å². The van der Waals surface area contributed by atoms with Gasteiger partial charge in [-0.3, -0.25) is 4.68 Å². The molecule has 134 valence electrons. The van der Waals surface area contributed by atoms with Gasteiger partial charge in [-0.05, 0) is 51.0 Å². The first-order valence-corrected chi connectivity index (χ1v) is 9.56. The van der Waals surface area contributed by atoms with Gasteiger partial charge in [-0.2, -0.15) is 10.1 Å². The minimum absolute atomic E-state index is 0.562. The average molecular weight is 342 g/mol. The summed E-state index contributed by atoms with van der Waals surface area (Å²) in [4.78, 5) is 9.54. The molecule has 2 aliphatic heterocycles. The highest BCUT2D eigenvalue weighted by Gasteiger charge is 2.43. The summed E-state index contributed by atoms with van der Waals surface area (Å²) in [6, 6.07) is 4.59. The number of rotatable bonds is 3. The maximum Gasteiger partial charge on any atom is 0.324 e. The molecule has 0 N–H and O–H groups in total. The van der Waals surface area contributed by atoms with Crippen molar-refractivity contribution in [3.63, 3.8) is 0 Å². The molecular weight excluding hydrogens is 316 g/mol. The Morgan fingerprint density at radius 1 is 1.08 bits per heavy atom. The summed E-state index contributed by atoms with van der Waals surface area (Å²) >= 11 is 0. The Hall–Kier alpha value is -1.89. The van der Waals surface area contributed by atoms with E-state index in [9.17, 15) is 0 Å². The van der Waals surface area contributed by atoms with E-state index in [1.54, 1.807) is 0 Å². The van der Waals surface area contributed by atoms with E-state index in [2.05, 4.69) is 35.9 Å². The molecule has 5 rings (SSSR count). The van der Waals surface area contributed by atoms with Gasteiger partial charge in [0.15, 0.2) is 5.82 Å². The predicted octanol–water partition coefficient (Wildman–Crippen LogP) is 2.27. The highest BCUT2D eigenvalue weighted by Crippen LogP contribution is 2.40. The molecule has 2 aromatic heterocycles. The number of piperidine rings is 1. The second kappa shape index (κ2) is 6.12. The zero-order valence-corrected chi connectivity index (χ0v) is 14.8. The summed E-state index contributed by atoms with van der Waals surface area (Å²) in [5.41, 5.74) is 0. The number of hydrogen-bond donors (Lipinski definition) is 0. The Labute approximate surface area is 148 Å². The lowest BCUT2D eigenvalue weighted by Gasteiger charge is -2.41. The van der Waals surface area contributed by atoms with Crippen LogP contribution in [-0.2, 0) is 0 Å². The van der Waals surface area contributed by atoms with Gasteiger partial charge in [0.05, 0.1) is 6.04 Å². The van der Waals surface area contributed by atoms with Gasteiger partial charge in [-0.15, -0.1) is 0 Å². The van der Waals surface area contributed by atoms with E-state index in [1.807, 2.05) is 19.2 Å². The Morgan fingerprint density at radius 3 is 2.64 bits per heavy atom. The summed E-state index contributed by atoms with van der Waals surface area (Å²) in [7, 11) is 0. The van der Waals surface area contributed by atoms with Crippen molar-refractivity contribution >= 4 is 6.01 Å². The molecule has 4 heterocycles. The fourth-order valence-corrected chi connectivity index (χ4v) is 5.15. The van der Waals surface area contributed by atoms with Crippen molar-refractivity contribution in [2.45, 2.75) is 57.2 Å². The van der Waals surface area contributed by atoms with Gasteiger partial charge in [-0.25, -0.2) is 0 Å².